The van der Waals surface area contributed by atoms with Crippen molar-refractivity contribution in [2.24, 2.45) is 0 Å². The summed E-state index contributed by atoms with van der Waals surface area (Å²) in [5.74, 6) is 0.555. The minimum Gasteiger partial charge on any atom is -0.361 e. The quantitative estimate of drug-likeness (QED) is 0.886. The van der Waals surface area contributed by atoms with Crippen LogP contribution in [0.2, 0.25) is 0 Å². The van der Waals surface area contributed by atoms with Gasteiger partial charge in [-0.15, -0.1) is 12.4 Å². The Balaban J connectivity index is 0.00000192. The van der Waals surface area contributed by atoms with E-state index in [4.69, 9.17) is 4.52 Å². The van der Waals surface area contributed by atoms with E-state index in [0.29, 0.717) is 18.3 Å². The van der Waals surface area contributed by atoms with Crippen LogP contribution in [-0.4, -0.2) is 33.9 Å². The van der Waals surface area contributed by atoms with Crippen LogP contribution in [0.15, 0.2) is 16.8 Å². The topological polar surface area (TPSA) is 85.0 Å². The molecule has 1 amide bonds. The Morgan fingerprint density at radius 1 is 1.52 bits per heavy atom. The number of nitrogens with zero attached hydrogens (tertiary/aromatic N) is 3. The van der Waals surface area contributed by atoms with Gasteiger partial charge in [-0.3, -0.25) is 9.48 Å². The predicted octanol–water partition coefficient (Wildman–Crippen LogP) is 1.76. The second kappa shape index (κ2) is 7.61. The number of hydrogen-bond donors (Lipinski definition) is 2. The van der Waals surface area contributed by atoms with Gasteiger partial charge in [0, 0.05) is 24.8 Å². The zero-order valence-corrected chi connectivity index (χ0v) is 14.2. The highest BCUT2D eigenvalue weighted by molar-refractivity contribution is 5.92. The van der Waals surface area contributed by atoms with Crippen LogP contribution >= 0.6 is 12.4 Å². The fourth-order valence-electron chi connectivity index (χ4n) is 2.74. The number of carbonyl (C=O) groups is 1. The van der Waals surface area contributed by atoms with Crippen LogP contribution in [0.25, 0.3) is 0 Å². The largest absolute Gasteiger partial charge is 0.361 e. The summed E-state index contributed by atoms with van der Waals surface area (Å²) in [6.45, 7) is 6.07. The maximum atomic E-state index is 12.2. The highest BCUT2D eigenvalue weighted by Crippen LogP contribution is 2.16. The van der Waals surface area contributed by atoms with E-state index >= 15 is 0 Å². The number of aromatic nitrogens is 3. The van der Waals surface area contributed by atoms with Crippen molar-refractivity contribution in [1.82, 2.24) is 25.6 Å². The molecule has 8 heteroatoms. The van der Waals surface area contributed by atoms with Crippen LogP contribution < -0.4 is 10.6 Å². The number of halogens is 1. The molecule has 2 N–H and O–H groups in total. The van der Waals surface area contributed by atoms with Crippen LogP contribution in [0.4, 0.5) is 0 Å². The van der Waals surface area contributed by atoms with E-state index in [0.717, 1.165) is 42.9 Å². The molecule has 7 nitrogen and oxygen atoms in total. The molecule has 3 heterocycles. The van der Waals surface area contributed by atoms with Gasteiger partial charge < -0.3 is 15.2 Å². The van der Waals surface area contributed by atoms with E-state index in [1.807, 2.05) is 24.7 Å². The first-order valence-corrected chi connectivity index (χ1v) is 7.61. The van der Waals surface area contributed by atoms with Crippen LogP contribution in [0.3, 0.4) is 0 Å². The number of carbonyl (C=O) groups excluding carboxylic acids is 1. The molecule has 0 aromatic carbocycles. The van der Waals surface area contributed by atoms with E-state index in [1.165, 1.54) is 0 Å². The first kappa shape index (κ1) is 17.5. The van der Waals surface area contributed by atoms with E-state index in [1.54, 1.807) is 6.07 Å². The maximum Gasteiger partial charge on any atom is 0.272 e. The van der Waals surface area contributed by atoms with Crippen molar-refractivity contribution in [3.8, 4) is 0 Å². The first-order valence-electron chi connectivity index (χ1n) is 7.61. The Bertz CT molecular complexity index is 641. The summed E-state index contributed by atoms with van der Waals surface area (Å²) in [5.41, 5.74) is 2.17. The van der Waals surface area contributed by atoms with Crippen LogP contribution in [-0.2, 0) is 6.54 Å². The number of rotatable bonds is 4. The SMILES string of the molecule is Cc1noc(C)c1CNC(=O)c1ccn(C2CCCNC2)n1.Cl. The molecule has 23 heavy (non-hydrogen) atoms. The Morgan fingerprint density at radius 2 is 2.35 bits per heavy atom. The Morgan fingerprint density at radius 3 is 3.00 bits per heavy atom. The molecule has 1 unspecified atom stereocenters. The van der Waals surface area contributed by atoms with Crippen molar-refractivity contribution in [1.29, 1.82) is 0 Å². The molecule has 0 aliphatic carbocycles. The zero-order valence-electron chi connectivity index (χ0n) is 13.3. The highest BCUT2D eigenvalue weighted by atomic mass is 35.5. The number of hydrogen-bond acceptors (Lipinski definition) is 5. The molecule has 3 rings (SSSR count). The maximum absolute atomic E-state index is 12.2. The second-order valence-corrected chi connectivity index (χ2v) is 5.67. The van der Waals surface area contributed by atoms with Crippen molar-refractivity contribution >= 4 is 18.3 Å². The molecule has 1 aliphatic rings. The summed E-state index contributed by atoms with van der Waals surface area (Å²) >= 11 is 0. The standard InChI is InChI=1S/C15H21N5O2.ClH/c1-10-13(11(2)22-19-10)9-17-15(21)14-5-7-20(18-14)12-4-3-6-16-8-12;/h5,7,12,16H,3-4,6,8-9H2,1-2H3,(H,17,21);1H. The molecular formula is C15H22ClN5O2. The summed E-state index contributed by atoms with van der Waals surface area (Å²) in [4.78, 5) is 12.2. The molecular weight excluding hydrogens is 318 g/mol. The lowest BCUT2D eigenvalue weighted by Gasteiger charge is -2.22. The van der Waals surface area contributed by atoms with Gasteiger partial charge in [-0.1, -0.05) is 5.16 Å². The number of piperidine rings is 1. The van der Waals surface area contributed by atoms with Crippen LogP contribution in [0, 0.1) is 13.8 Å². The minimum atomic E-state index is -0.178. The van der Waals surface area contributed by atoms with Crippen molar-refractivity contribution in [2.45, 2.75) is 39.3 Å². The van der Waals surface area contributed by atoms with E-state index in [9.17, 15) is 4.79 Å². The molecule has 1 fully saturated rings. The molecule has 126 valence electrons. The van der Waals surface area contributed by atoms with Crippen molar-refractivity contribution in [2.75, 3.05) is 13.1 Å². The van der Waals surface area contributed by atoms with Gasteiger partial charge in [-0.2, -0.15) is 5.10 Å². The third-order valence-electron chi connectivity index (χ3n) is 4.09. The van der Waals surface area contributed by atoms with Crippen LogP contribution in [0.1, 0.15) is 46.4 Å². The lowest BCUT2D eigenvalue weighted by molar-refractivity contribution is 0.0944. The Labute approximate surface area is 141 Å². The van der Waals surface area contributed by atoms with Gasteiger partial charge in [0.15, 0.2) is 0 Å². The molecule has 0 radical (unpaired) electrons. The molecule has 2 aromatic rings. The molecule has 0 spiro atoms. The van der Waals surface area contributed by atoms with Gasteiger partial charge in [0.05, 0.1) is 11.7 Å². The van der Waals surface area contributed by atoms with Gasteiger partial charge in [0.2, 0.25) is 0 Å². The van der Waals surface area contributed by atoms with Crippen molar-refractivity contribution in [3.63, 3.8) is 0 Å². The lowest BCUT2D eigenvalue weighted by atomic mass is 10.1. The number of amides is 1. The summed E-state index contributed by atoms with van der Waals surface area (Å²) in [7, 11) is 0. The lowest BCUT2D eigenvalue weighted by Crippen LogP contribution is -2.32. The smallest absolute Gasteiger partial charge is 0.272 e. The average Bonchev–Trinajstić information content (AvgIpc) is 3.14. The van der Waals surface area contributed by atoms with Crippen molar-refractivity contribution in [3.05, 3.63) is 35.0 Å². The Kier molecular flexibility index (Phi) is 5.79. The summed E-state index contributed by atoms with van der Waals surface area (Å²) in [6, 6.07) is 2.09. The minimum absolute atomic E-state index is 0. The zero-order chi connectivity index (χ0) is 15.5. The fourth-order valence-corrected chi connectivity index (χ4v) is 2.74. The molecule has 1 atom stereocenters. The summed E-state index contributed by atoms with van der Waals surface area (Å²) in [5, 5.41) is 14.5. The van der Waals surface area contributed by atoms with E-state index in [-0.39, 0.29) is 18.3 Å². The third-order valence-corrected chi connectivity index (χ3v) is 4.09. The van der Waals surface area contributed by atoms with Gasteiger partial charge >= 0.3 is 0 Å². The third kappa shape index (κ3) is 3.92. The average molecular weight is 340 g/mol. The monoisotopic (exact) mass is 339 g/mol. The highest BCUT2D eigenvalue weighted by Gasteiger charge is 2.18. The predicted molar refractivity (Wildman–Crippen MR) is 87.8 cm³/mol. The Hall–Kier alpha value is -1.86. The number of aryl methyl sites for hydroxylation is 2. The molecule has 1 aliphatic heterocycles. The molecule has 0 saturated carbocycles. The molecule has 0 bridgehead atoms. The van der Waals surface area contributed by atoms with E-state index in [2.05, 4.69) is 20.9 Å². The normalized spacial score (nSPS) is 17.6. The number of nitrogens with one attached hydrogen (secondary N) is 2. The van der Waals surface area contributed by atoms with Gasteiger partial charge in [-0.25, -0.2) is 0 Å². The summed E-state index contributed by atoms with van der Waals surface area (Å²) in [6.07, 6.45) is 4.11. The van der Waals surface area contributed by atoms with Gasteiger partial charge in [-0.05, 0) is 39.3 Å². The molecule has 2 aromatic heterocycles. The van der Waals surface area contributed by atoms with Crippen molar-refractivity contribution < 1.29 is 9.32 Å². The molecule has 1 saturated heterocycles. The van der Waals surface area contributed by atoms with Gasteiger partial charge in [0.1, 0.15) is 11.5 Å². The summed E-state index contributed by atoms with van der Waals surface area (Å²) < 4.78 is 6.97. The van der Waals surface area contributed by atoms with Gasteiger partial charge in [0.25, 0.3) is 5.91 Å². The first-order chi connectivity index (χ1) is 10.6. The second-order valence-electron chi connectivity index (χ2n) is 5.67. The van der Waals surface area contributed by atoms with Crippen LogP contribution in [0.5, 0.6) is 0 Å². The van der Waals surface area contributed by atoms with E-state index < -0.39 is 0 Å². The fraction of sp³-hybridized carbons (Fsp3) is 0.533.